The van der Waals surface area contributed by atoms with Crippen molar-refractivity contribution >= 4 is 11.8 Å². The Hall–Kier alpha value is -2.60. The quantitative estimate of drug-likeness (QED) is 0.524. The molecule has 0 N–H and O–H groups in total. The van der Waals surface area contributed by atoms with Gasteiger partial charge in [-0.1, -0.05) is 43.7 Å². The van der Waals surface area contributed by atoms with Crippen LogP contribution in [0.25, 0.3) is 0 Å². The minimum atomic E-state index is -0.0379. The second-order valence-corrected chi connectivity index (χ2v) is 8.39. The lowest BCUT2D eigenvalue weighted by atomic mass is 10.1. The van der Waals surface area contributed by atoms with E-state index >= 15 is 0 Å². The average Bonchev–Trinajstić information content (AvgIpc) is 3.49. The zero-order valence-corrected chi connectivity index (χ0v) is 19.0. The van der Waals surface area contributed by atoms with Gasteiger partial charge in [0, 0.05) is 45.1 Å². The summed E-state index contributed by atoms with van der Waals surface area (Å²) in [5.74, 6) is 0.280. The number of unbranched alkanes of at least 4 members (excludes halogenated alkanes) is 1. The third-order valence-electron chi connectivity index (χ3n) is 6.08. The van der Waals surface area contributed by atoms with Crippen molar-refractivity contribution in [3.8, 4) is 0 Å². The highest BCUT2D eigenvalue weighted by Crippen LogP contribution is 2.48. The van der Waals surface area contributed by atoms with E-state index in [0.29, 0.717) is 26.2 Å². The Balaban J connectivity index is 1.66. The Kier molecular flexibility index (Phi) is 8.29. The number of amides is 2. The molecule has 0 aliphatic heterocycles. The van der Waals surface area contributed by atoms with Gasteiger partial charge in [-0.25, -0.2) is 0 Å². The van der Waals surface area contributed by atoms with Crippen LogP contribution in [-0.4, -0.2) is 59.5 Å². The molecule has 31 heavy (non-hydrogen) atoms. The van der Waals surface area contributed by atoms with Crippen LogP contribution in [0.1, 0.15) is 43.4 Å². The molecule has 1 aliphatic carbocycles. The normalized spacial score (nSPS) is 17.4. The first kappa shape index (κ1) is 23.1. The van der Waals surface area contributed by atoms with Crippen LogP contribution in [0.4, 0.5) is 0 Å². The maximum atomic E-state index is 13.2. The molecular weight excluding hydrogens is 390 g/mol. The lowest BCUT2D eigenvalue weighted by Crippen LogP contribution is -2.45. The van der Waals surface area contributed by atoms with Crippen LogP contribution in [0.3, 0.4) is 0 Å². The molecule has 1 heterocycles. The number of nitrogens with zero attached hydrogens (tertiary/aromatic N) is 3. The van der Waals surface area contributed by atoms with Gasteiger partial charge in [0.15, 0.2) is 0 Å². The van der Waals surface area contributed by atoms with Gasteiger partial charge in [-0.3, -0.25) is 9.59 Å². The minimum absolute atomic E-state index is 0.00369. The third-order valence-corrected chi connectivity index (χ3v) is 6.08. The van der Waals surface area contributed by atoms with Crippen molar-refractivity contribution in [2.45, 2.75) is 38.6 Å². The monoisotopic (exact) mass is 425 g/mol. The molecule has 0 spiro atoms. The van der Waals surface area contributed by atoms with Gasteiger partial charge in [-0.15, -0.1) is 0 Å². The van der Waals surface area contributed by atoms with Gasteiger partial charge in [-0.2, -0.15) is 0 Å². The molecule has 6 nitrogen and oxygen atoms in total. The van der Waals surface area contributed by atoms with Crippen molar-refractivity contribution in [3.63, 3.8) is 0 Å². The van der Waals surface area contributed by atoms with E-state index in [1.165, 1.54) is 5.56 Å². The Morgan fingerprint density at radius 2 is 1.87 bits per heavy atom. The van der Waals surface area contributed by atoms with Gasteiger partial charge in [0.2, 0.25) is 11.8 Å². The van der Waals surface area contributed by atoms with Crippen LogP contribution in [-0.2, 0) is 27.9 Å². The Labute approximate surface area is 185 Å². The Morgan fingerprint density at radius 1 is 1.10 bits per heavy atom. The van der Waals surface area contributed by atoms with Gasteiger partial charge in [0.05, 0.1) is 19.7 Å². The standard InChI is InChI=1S/C25H35N3O3/c1-4-5-14-27(18-21-12-9-13-26(21)2)24(29)19-28(15-16-31-3)25(30)23-17-22(23)20-10-7-6-8-11-20/h6-13,22-23H,4-5,14-19H2,1-3H3/t22-,23-/m0/s1. The molecule has 1 aromatic heterocycles. The number of rotatable bonds is 12. The van der Waals surface area contributed by atoms with Crippen LogP contribution in [0.5, 0.6) is 0 Å². The Bertz CT molecular complexity index is 849. The molecule has 1 aliphatic rings. The number of aryl methyl sites for hydroxylation is 1. The molecule has 6 heteroatoms. The third kappa shape index (κ3) is 6.20. The molecular formula is C25H35N3O3. The summed E-state index contributed by atoms with van der Waals surface area (Å²) < 4.78 is 7.26. The number of hydrogen-bond acceptors (Lipinski definition) is 3. The first-order valence-corrected chi connectivity index (χ1v) is 11.3. The predicted molar refractivity (Wildman–Crippen MR) is 121 cm³/mol. The molecule has 0 saturated heterocycles. The van der Waals surface area contributed by atoms with Gasteiger partial charge < -0.3 is 19.1 Å². The number of carbonyl (C=O) groups excluding carboxylic acids is 2. The van der Waals surface area contributed by atoms with E-state index in [-0.39, 0.29) is 30.2 Å². The molecule has 2 aromatic rings. The van der Waals surface area contributed by atoms with Crippen LogP contribution in [0, 0.1) is 5.92 Å². The zero-order valence-electron chi connectivity index (χ0n) is 19.0. The highest BCUT2D eigenvalue weighted by atomic mass is 16.5. The molecule has 1 aromatic carbocycles. The van der Waals surface area contributed by atoms with Crippen LogP contribution < -0.4 is 0 Å². The maximum absolute atomic E-state index is 13.2. The second kappa shape index (κ2) is 11.1. The molecule has 2 amide bonds. The fraction of sp³-hybridized carbons (Fsp3) is 0.520. The van der Waals surface area contributed by atoms with Crippen molar-refractivity contribution in [2.75, 3.05) is 33.4 Å². The van der Waals surface area contributed by atoms with Gasteiger partial charge in [0.25, 0.3) is 0 Å². The second-order valence-electron chi connectivity index (χ2n) is 8.39. The van der Waals surface area contributed by atoms with E-state index in [2.05, 4.69) is 19.1 Å². The van der Waals surface area contributed by atoms with Gasteiger partial charge >= 0.3 is 0 Å². The molecule has 0 bridgehead atoms. The smallest absolute Gasteiger partial charge is 0.242 e. The summed E-state index contributed by atoms with van der Waals surface area (Å²) in [5.41, 5.74) is 2.29. The summed E-state index contributed by atoms with van der Waals surface area (Å²) in [7, 11) is 3.61. The molecule has 168 valence electrons. The van der Waals surface area contributed by atoms with Crippen molar-refractivity contribution < 1.29 is 14.3 Å². The van der Waals surface area contributed by atoms with Gasteiger partial charge in [0.1, 0.15) is 0 Å². The lowest BCUT2D eigenvalue weighted by molar-refractivity contribution is -0.142. The molecule has 2 atom stereocenters. The Morgan fingerprint density at radius 3 is 2.52 bits per heavy atom. The average molecular weight is 426 g/mol. The van der Waals surface area contributed by atoms with E-state index in [9.17, 15) is 9.59 Å². The fourth-order valence-corrected chi connectivity index (χ4v) is 4.00. The maximum Gasteiger partial charge on any atom is 0.242 e. The van der Waals surface area contributed by atoms with E-state index in [0.717, 1.165) is 25.0 Å². The van der Waals surface area contributed by atoms with Crippen LogP contribution in [0.15, 0.2) is 48.7 Å². The van der Waals surface area contributed by atoms with Crippen LogP contribution >= 0.6 is 0 Å². The van der Waals surface area contributed by atoms with E-state index < -0.39 is 0 Å². The van der Waals surface area contributed by atoms with Crippen molar-refractivity contribution in [1.29, 1.82) is 0 Å². The summed E-state index contributed by atoms with van der Waals surface area (Å²) in [6, 6.07) is 14.2. The summed E-state index contributed by atoms with van der Waals surface area (Å²) >= 11 is 0. The van der Waals surface area contributed by atoms with E-state index in [1.54, 1.807) is 12.0 Å². The number of carbonyl (C=O) groups is 2. The highest BCUT2D eigenvalue weighted by Gasteiger charge is 2.46. The topological polar surface area (TPSA) is 54.8 Å². The minimum Gasteiger partial charge on any atom is -0.383 e. The number of aromatic nitrogens is 1. The number of ether oxygens (including phenoxy) is 1. The summed E-state index contributed by atoms with van der Waals surface area (Å²) in [6.45, 7) is 4.34. The molecule has 1 saturated carbocycles. The number of hydrogen-bond donors (Lipinski definition) is 0. The molecule has 3 rings (SSSR count). The summed E-state index contributed by atoms with van der Waals surface area (Å²) in [5, 5.41) is 0. The number of benzene rings is 1. The van der Waals surface area contributed by atoms with Crippen molar-refractivity contribution in [3.05, 3.63) is 59.9 Å². The SMILES string of the molecule is CCCCN(Cc1cccn1C)C(=O)CN(CCOC)C(=O)[C@H]1C[C@H]1c1ccccc1. The number of methoxy groups -OCH3 is 1. The van der Waals surface area contributed by atoms with Crippen molar-refractivity contribution in [2.24, 2.45) is 13.0 Å². The first-order chi connectivity index (χ1) is 15.0. The van der Waals surface area contributed by atoms with Crippen molar-refractivity contribution in [1.82, 2.24) is 14.4 Å². The summed E-state index contributed by atoms with van der Waals surface area (Å²) in [6.07, 6.45) is 4.80. The van der Waals surface area contributed by atoms with E-state index in [1.807, 2.05) is 53.0 Å². The molecule has 1 fully saturated rings. The van der Waals surface area contributed by atoms with E-state index in [4.69, 9.17) is 4.74 Å². The largest absolute Gasteiger partial charge is 0.383 e. The van der Waals surface area contributed by atoms with Gasteiger partial charge in [-0.05, 0) is 36.5 Å². The summed E-state index contributed by atoms with van der Waals surface area (Å²) in [4.78, 5) is 30.1. The fourth-order valence-electron chi connectivity index (χ4n) is 4.00. The molecule has 0 radical (unpaired) electrons. The predicted octanol–water partition coefficient (Wildman–Crippen LogP) is 3.43. The lowest BCUT2D eigenvalue weighted by Gasteiger charge is -2.28. The first-order valence-electron chi connectivity index (χ1n) is 11.3. The highest BCUT2D eigenvalue weighted by molar-refractivity contribution is 5.88. The molecule has 0 unspecified atom stereocenters. The van der Waals surface area contributed by atoms with Crippen LogP contribution in [0.2, 0.25) is 0 Å². The zero-order chi connectivity index (χ0) is 22.2.